The Labute approximate surface area is 73.3 Å². The molecule has 2 saturated heterocycles. The summed E-state index contributed by atoms with van der Waals surface area (Å²) < 4.78 is 0. The minimum atomic E-state index is 0.744. The van der Waals surface area contributed by atoms with E-state index >= 15 is 0 Å². The summed E-state index contributed by atoms with van der Waals surface area (Å²) >= 11 is 0. The SMILES string of the molecule is CN1CCC2CN(C=O)CCC21. The van der Waals surface area contributed by atoms with Crippen LogP contribution < -0.4 is 0 Å². The fourth-order valence-electron chi connectivity index (χ4n) is 2.54. The van der Waals surface area contributed by atoms with Gasteiger partial charge in [0.2, 0.25) is 6.41 Å². The van der Waals surface area contributed by atoms with Gasteiger partial charge in [0.1, 0.15) is 0 Å². The van der Waals surface area contributed by atoms with Gasteiger partial charge in [0, 0.05) is 19.1 Å². The van der Waals surface area contributed by atoms with Gasteiger partial charge in [0.15, 0.2) is 0 Å². The zero-order valence-corrected chi connectivity index (χ0v) is 7.57. The van der Waals surface area contributed by atoms with E-state index in [1.165, 1.54) is 19.4 Å². The third-order valence-corrected chi connectivity index (χ3v) is 3.29. The Morgan fingerprint density at radius 1 is 1.33 bits per heavy atom. The number of hydrogen-bond acceptors (Lipinski definition) is 2. The Balaban J connectivity index is 1.99. The molecule has 68 valence electrons. The Bertz CT molecular complexity index is 183. The molecule has 2 unspecified atom stereocenters. The molecule has 2 fully saturated rings. The fraction of sp³-hybridized carbons (Fsp3) is 0.889. The first-order valence-corrected chi connectivity index (χ1v) is 4.71. The second-order valence-electron chi connectivity index (χ2n) is 3.99. The summed E-state index contributed by atoms with van der Waals surface area (Å²) in [6, 6.07) is 0.751. The zero-order valence-electron chi connectivity index (χ0n) is 7.57. The monoisotopic (exact) mass is 168 g/mol. The van der Waals surface area contributed by atoms with Crippen LogP contribution in [0.3, 0.4) is 0 Å². The molecule has 2 atom stereocenters. The van der Waals surface area contributed by atoms with Gasteiger partial charge in [-0.25, -0.2) is 0 Å². The molecule has 2 aliphatic heterocycles. The van der Waals surface area contributed by atoms with Gasteiger partial charge in [-0.1, -0.05) is 0 Å². The van der Waals surface area contributed by atoms with Crippen LogP contribution in [0.1, 0.15) is 12.8 Å². The molecule has 0 bridgehead atoms. The van der Waals surface area contributed by atoms with Crippen molar-refractivity contribution < 1.29 is 4.79 Å². The Kier molecular flexibility index (Phi) is 2.05. The van der Waals surface area contributed by atoms with Crippen molar-refractivity contribution in [3.63, 3.8) is 0 Å². The average molecular weight is 168 g/mol. The topological polar surface area (TPSA) is 23.6 Å². The normalized spacial score (nSPS) is 36.6. The minimum Gasteiger partial charge on any atom is -0.345 e. The van der Waals surface area contributed by atoms with Gasteiger partial charge in [-0.3, -0.25) is 4.79 Å². The van der Waals surface area contributed by atoms with Gasteiger partial charge < -0.3 is 9.80 Å². The van der Waals surface area contributed by atoms with Crippen molar-refractivity contribution in [2.24, 2.45) is 5.92 Å². The van der Waals surface area contributed by atoms with Gasteiger partial charge in [0.05, 0.1) is 0 Å². The molecule has 3 nitrogen and oxygen atoms in total. The maximum absolute atomic E-state index is 10.5. The van der Waals surface area contributed by atoms with Gasteiger partial charge in [0.25, 0.3) is 0 Å². The van der Waals surface area contributed by atoms with Crippen LogP contribution in [0, 0.1) is 5.92 Å². The summed E-state index contributed by atoms with van der Waals surface area (Å²) in [4.78, 5) is 14.9. The van der Waals surface area contributed by atoms with E-state index in [1.54, 1.807) is 0 Å². The average Bonchev–Trinajstić information content (AvgIpc) is 2.47. The largest absolute Gasteiger partial charge is 0.345 e. The van der Waals surface area contributed by atoms with Crippen LogP contribution in [0.15, 0.2) is 0 Å². The summed E-state index contributed by atoms with van der Waals surface area (Å²) in [6.07, 6.45) is 3.43. The van der Waals surface area contributed by atoms with Crippen LogP contribution in [-0.4, -0.2) is 48.9 Å². The van der Waals surface area contributed by atoms with Crippen LogP contribution in [0.2, 0.25) is 0 Å². The summed E-state index contributed by atoms with van der Waals surface area (Å²) in [6.45, 7) is 3.15. The van der Waals surface area contributed by atoms with E-state index in [9.17, 15) is 4.79 Å². The van der Waals surface area contributed by atoms with E-state index in [0.29, 0.717) is 0 Å². The molecular formula is C9H16N2O. The Hall–Kier alpha value is -0.570. The fourth-order valence-corrected chi connectivity index (χ4v) is 2.54. The number of amides is 1. The lowest BCUT2D eigenvalue weighted by molar-refractivity contribution is -0.120. The second-order valence-corrected chi connectivity index (χ2v) is 3.99. The van der Waals surface area contributed by atoms with E-state index in [1.807, 2.05) is 4.90 Å². The van der Waals surface area contributed by atoms with E-state index in [4.69, 9.17) is 0 Å². The van der Waals surface area contributed by atoms with E-state index in [-0.39, 0.29) is 0 Å². The molecule has 0 aliphatic carbocycles. The molecule has 0 radical (unpaired) electrons. The second kappa shape index (κ2) is 3.05. The summed E-state index contributed by atoms with van der Waals surface area (Å²) in [5, 5.41) is 0. The number of rotatable bonds is 1. The molecule has 0 spiro atoms. The predicted octanol–water partition coefficient (Wildman–Crippen LogP) is 0.169. The third-order valence-electron chi connectivity index (χ3n) is 3.29. The summed E-state index contributed by atoms with van der Waals surface area (Å²) in [5.41, 5.74) is 0. The first-order valence-electron chi connectivity index (χ1n) is 4.71. The third kappa shape index (κ3) is 1.22. The van der Waals surface area contributed by atoms with Gasteiger partial charge >= 0.3 is 0 Å². The van der Waals surface area contributed by atoms with E-state index < -0.39 is 0 Å². The molecule has 1 amide bonds. The smallest absolute Gasteiger partial charge is 0.209 e. The number of likely N-dealkylation sites (tertiary alicyclic amines) is 2. The highest BCUT2D eigenvalue weighted by atomic mass is 16.1. The highest BCUT2D eigenvalue weighted by Crippen LogP contribution is 2.29. The number of carbonyl (C=O) groups is 1. The predicted molar refractivity (Wildman–Crippen MR) is 46.8 cm³/mol. The minimum absolute atomic E-state index is 0.744. The standard InChI is InChI=1S/C9H16N2O/c1-10-4-2-8-6-11(7-12)5-3-9(8)10/h7-9H,2-6H2,1H3. The van der Waals surface area contributed by atoms with Crippen molar-refractivity contribution in [3.05, 3.63) is 0 Å². The van der Waals surface area contributed by atoms with E-state index in [0.717, 1.165) is 31.5 Å². The summed E-state index contributed by atoms with van der Waals surface area (Å²) in [7, 11) is 2.20. The molecule has 2 aliphatic rings. The number of fused-ring (bicyclic) bond motifs is 1. The molecule has 0 N–H and O–H groups in total. The van der Waals surface area contributed by atoms with Crippen LogP contribution in [0.5, 0.6) is 0 Å². The highest BCUT2D eigenvalue weighted by molar-refractivity contribution is 5.47. The van der Waals surface area contributed by atoms with Gasteiger partial charge in [-0.05, 0) is 32.4 Å². The van der Waals surface area contributed by atoms with Gasteiger partial charge in [-0.15, -0.1) is 0 Å². The van der Waals surface area contributed by atoms with Crippen molar-refractivity contribution >= 4 is 6.41 Å². The van der Waals surface area contributed by atoms with Crippen LogP contribution >= 0.6 is 0 Å². The van der Waals surface area contributed by atoms with Crippen molar-refractivity contribution in [3.8, 4) is 0 Å². The molecule has 0 saturated carbocycles. The van der Waals surface area contributed by atoms with Crippen molar-refractivity contribution in [2.45, 2.75) is 18.9 Å². The highest BCUT2D eigenvalue weighted by Gasteiger charge is 2.35. The molecule has 3 heteroatoms. The van der Waals surface area contributed by atoms with Crippen LogP contribution in [-0.2, 0) is 4.79 Å². The number of nitrogens with zero attached hydrogens (tertiary/aromatic N) is 2. The maximum atomic E-state index is 10.5. The number of hydrogen-bond donors (Lipinski definition) is 0. The van der Waals surface area contributed by atoms with Crippen LogP contribution in [0.4, 0.5) is 0 Å². The quantitative estimate of drug-likeness (QED) is 0.521. The van der Waals surface area contributed by atoms with Crippen LogP contribution in [0.25, 0.3) is 0 Å². The lowest BCUT2D eigenvalue weighted by Gasteiger charge is -2.34. The van der Waals surface area contributed by atoms with Crippen molar-refractivity contribution in [1.29, 1.82) is 0 Å². The molecule has 12 heavy (non-hydrogen) atoms. The lowest BCUT2D eigenvalue weighted by atomic mass is 9.93. The Morgan fingerprint density at radius 3 is 2.92 bits per heavy atom. The van der Waals surface area contributed by atoms with Crippen molar-refractivity contribution in [1.82, 2.24) is 9.80 Å². The summed E-state index contributed by atoms with van der Waals surface area (Å²) in [5.74, 6) is 0.744. The first-order chi connectivity index (χ1) is 5.81. The zero-order chi connectivity index (χ0) is 8.55. The lowest BCUT2D eigenvalue weighted by Crippen LogP contribution is -2.44. The molecule has 2 heterocycles. The molecular weight excluding hydrogens is 152 g/mol. The molecule has 0 aromatic heterocycles. The molecule has 0 aromatic rings. The number of piperidine rings is 1. The first kappa shape index (κ1) is 8.05. The van der Waals surface area contributed by atoms with E-state index in [2.05, 4.69) is 11.9 Å². The van der Waals surface area contributed by atoms with Gasteiger partial charge in [-0.2, -0.15) is 0 Å². The van der Waals surface area contributed by atoms with Crippen molar-refractivity contribution in [2.75, 3.05) is 26.7 Å². The number of carbonyl (C=O) groups excluding carboxylic acids is 1. The molecule has 2 rings (SSSR count). The molecule has 0 aromatic carbocycles. The maximum Gasteiger partial charge on any atom is 0.209 e. The Morgan fingerprint density at radius 2 is 2.17 bits per heavy atom.